The van der Waals surface area contributed by atoms with Crippen molar-refractivity contribution in [1.82, 2.24) is 0 Å². The molecule has 1 rings (SSSR count). The van der Waals surface area contributed by atoms with Crippen LogP contribution < -0.4 is 5.32 Å². The van der Waals surface area contributed by atoms with E-state index in [1.165, 1.54) is 18.2 Å². The van der Waals surface area contributed by atoms with Gasteiger partial charge in [-0.15, -0.1) is 0 Å². The average Bonchev–Trinajstić information content (AvgIpc) is 2.09. The third-order valence-electron chi connectivity index (χ3n) is 1.60. The summed E-state index contributed by atoms with van der Waals surface area (Å²) in [6.45, 7) is 0.149. The van der Waals surface area contributed by atoms with Crippen LogP contribution in [0, 0.1) is 5.82 Å². The monoisotopic (exact) mass is 217 g/mol. The smallest absolute Gasteiger partial charge is 0.305 e. The number of anilines is 1. The maximum atomic E-state index is 13.1. The molecule has 0 fully saturated rings. The maximum Gasteiger partial charge on any atom is 0.305 e. The van der Waals surface area contributed by atoms with E-state index in [9.17, 15) is 9.18 Å². The van der Waals surface area contributed by atoms with Gasteiger partial charge in [-0.1, -0.05) is 17.7 Å². The van der Waals surface area contributed by atoms with Crippen LogP contribution in [-0.2, 0) is 4.79 Å². The van der Waals surface area contributed by atoms with Gasteiger partial charge in [0, 0.05) is 6.54 Å². The molecular weight excluding hydrogens is 209 g/mol. The number of hydrogen-bond acceptors (Lipinski definition) is 2. The first kappa shape index (κ1) is 10.8. The number of nitrogens with one attached hydrogen (secondary N) is 1. The standard InChI is InChI=1S/C9H9ClFNO2/c10-6-2-1-3-7(11)9(6)12-5-4-8(13)14/h1-3,12H,4-5H2,(H,13,14). The van der Waals surface area contributed by atoms with Crippen LogP contribution >= 0.6 is 11.6 Å². The van der Waals surface area contributed by atoms with Crippen LogP contribution in [0.1, 0.15) is 6.42 Å². The van der Waals surface area contributed by atoms with E-state index < -0.39 is 11.8 Å². The van der Waals surface area contributed by atoms with Crippen molar-refractivity contribution in [2.45, 2.75) is 6.42 Å². The summed E-state index contributed by atoms with van der Waals surface area (Å²) < 4.78 is 13.1. The molecule has 1 aromatic rings. The summed E-state index contributed by atoms with van der Waals surface area (Å²) in [7, 11) is 0. The summed E-state index contributed by atoms with van der Waals surface area (Å²) in [5.41, 5.74) is 0.149. The molecule has 0 aromatic heterocycles. The molecule has 0 amide bonds. The molecule has 0 aliphatic heterocycles. The Morgan fingerprint density at radius 3 is 2.86 bits per heavy atom. The van der Waals surface area contributed by atoms with Crippen LogP contribution in [0.4, 0.5) is 10.1 Å². The highest BCUT2D eigenvalue weighted by Crippen LogP contribution is 2.24. The van der Waals surface area contributed by atoms with Crippen molar-refractivity contribution in [3.05, 3.63) is 29.0 Å². The van der Waals surface area contributed by atoms with Gasteiger partial charge in [-0.25, -0.2) is 4.39 Å². The molecule has 0 aliphatic carbocycles. The first-order valence-electron chi connectivity index (χ1n) is 4.01. The van der Waals surface area contributed by atoms with Gasteiger partial charge in [-0.2, -0.15) is 0 Å². The number of aliphatic carboxylic acids is 1. The van der Waals surface area contributed by atoms with Gasteiger partial charge in [0.15, 0.2) is 0 Å². The van der Waals surface area contributed by atoms with Gasteiger partial charge in [-0.05, 0) is 12.1 Å². The lowest BCUT2D eigenvalue weighted by atomic mass is 10.3. The van der Waals surface area contributed by atoms with E-state index in [2.05, 4.69) is 5.32 Å². The number of rotatable bonds is 4. The molecular formula is C9H9ClFNO2. The second-order valence-electron chi connectivity index (χ2n) is 2.67. The van der Waals surface area contributed by atoms with E-state index in [0.29, 0.717) is 0 Å². The van der Waals surface area contributed by atoms with Gasteiger partial charge in [0.1, 0.15) is 5.82 Å². The molecule has 0 bridgehead atoms. The summed E-state index contributed by atoms with van der Waals surface area (Å²) in [5, 5.41) is 11.2. The summed E-state index contributed by atoms with van der Waals surface area (Å²) in [5.74, 6) is -1.42. The molecule has 3 nitrogen and oxygen atoms in total. The Kier molecular flexibility index (Phi) is 3.71. The second-order valence-corrected chi connectivity index (χ2v) is 3.07. The molecule has 76 valence electrons. The van der Waals surface area contributed by atoms with Gasteiger partial charge in [-0.3, -0.25) is 4.79 Å². The summed E-state index contributed by atoms with van der Waals surface area (Å²) >= 11 is 5.69. The third kappa shape index (κ3) is 2.88. The molecule has 0 radical (unpaired) electrons. The highest BCUT2D eigenvalue weighted by Gasteiger charge is 2.06. The molecule has 0 saturated heterocycles. The van der Waals surface area contributed by atoms with Crippen LogP contribution in [0.15, 0.2) is 18.2 Å². The first-order valence-corrected chi connectivity index (χ1v) is 4.38. The molecule has 1 aromatic carbocycles. The zero-order valence-corrected chi connectivity index (χ0v) is 8.01. The number of benzene rings is 1. The first-order chi connectivity index (χ1) is 6.61. The van der Waals surface area contributed by atoms with E-state index in [-0.39, 0.29) is 23.7 Å². The number of para-hydroxylation sites is 1. The van der Waals surface area contributed by atoms with E-state index in [1.54, 1.807) is 0 Å². The highest BCUT2D eigenvalue weighted by atomic mass is 35.5. The lowest BCUT2D eigenvalue weighted by molar-refractivity contribution is -0.136. The lowest BCUT2D eigenvalue weighted by Gasteiger charge is -2.07. The Balaban J connectivity index is 2.62. The van der Waals surface area contributed by atoms with Crippen LogP contribution in [0.3, 0.4) is 0 Å². The minimum Gasteiger partial charge on any atom is -0.481 e. The quantitative estimate of drug-likeness (QED) is 0.814. The van der Waals surface area contributed by atoms with Crippen molar-refractivity contribution in [1.29, 1.82) is 0 Å². The Morgan fingerprint density at radius 1 is 1.57 bits per heavy atom. The minimum absolute atomic E-state index is 0.0787. The van der Waals surface area contributed by atoms with Crippen molar-refractivity contribution in [3.8, 4) is 0 Å². The highest BCUT2D eigenvalue weighted by molar-refractivity contribution is 6.33. The fraction of sp³-hybridized carbons (Fsp3) is 0.222. The van der Waals surface area contributed by atoms with Gasteiger partial charge in [0.25, 0.3) is 0 Å². The van der Waals surface area contributed by atoms with Crippen molar-refractivity contribution in [3.63, 3.8) is 0 Å². The molecule has 0 aliphatic rings. The summed E-state index contributed by atoms with van der Waals surface area (Å²) in [6, 6.07) is 4.28. The van der Waals surface area contributed by atoms with Crippen molar-refractivity contribution >= 4 is 23.3 Å². The SMILES string of the molecule is O=C(O)CCNc1c(F)cccc1Cl. The van der Waals surface area contributed by atoms with E-state index in [0.717, 1.165) is 0 Å². The van der Waals surface area contributed by atoms with Gasteiger partial charge < -0.3 is 10.4 Å². The fourth-order valence-corrected chi connectivity index (χ4v) is 1.19. The summed E-state index contributed by atoms with van der Waals surface area (Å²) in [4.78, 5) is 10.2. The normalized spacial score (nSPS) is 9.86. The van der Waals surface area contributed by atoms with E-state index >= 15 is 0 Å². The van der Waals surface area contributed by atoms with Gasteiger partial charge >= 0.3 is 5.97 Å². The fourth-order valence-electron chi connectivity index (χ4n) is 0.961. The zero-order valence-electron chi connectivity index (χ0n) is 7.26. The zero-order chi connectivity index (χ0) is 10.6. The van der Waals surface area contributed by atoms with Crippen molar-refractivity contribution < 1.29 is 14.3 Å². The Bertz CT molecular complexity index is 323. The average molecular weight is 218 g/mol. The molecule has 0 spiro atoms. The van der Waals surface area contributed by atoms with Crippen molar-refractivity contribution in [2.24, 2.45) is 0 Å². The van der Waals surface area contributed by atoms with Crippen LogP contribution in [0.5, 0.6) is 0 Å². The van der Waals surface area contributed by atoms with Gasteiger partial charge in [0.2, 0.25) is 0 Å². The Morgan fingerprint density at radius 2 is 2.29 bits per heavy atom. The largest absolute Gasteiger partial charge is 0.481 e. The van der Waals surface area contributed by atoms with E-state index in [1.807, 2.05) is 0 Å². The topological polar surface area (TPSA) is 49.3 Å². The number of carboxylic acid groups (broad SMARTS) is 1. The minimum atomic E-state index is -0.940. The molecule has 0 atom stereocenters. The Labute approximate surface area is 85.5 Å². The molecule has 2 N–H and O–H groups in total. The van der Waals surface area contributed by atoms with Crippen LogP contribution in [-0.4, -0.2) is 17.6 Å². The number of halogens is 2. The molecule has 0 unspecified atom stereocenters. The maximum absolute atomic E-state index is 13.1. The van der Waals surface area contributed by atoms with Crippen LogP contribution in [0.2, 0.25) is 5.02 Å². The lowest BCUT2D eigenvalue weighted by Crippen LogP contribution is -2.08. The molecule has 5 heteroatoms. The predicted molar refractivity (Wildman–Crippen MR) is 52.2 cm³/mol. The second kappa shape index (κ2) is 4.81. The Hall–Kier alpha value is -1.29. The molecule has 14 heavy (non-hydrogen) atoms. The van der Waals surface area contributed by atoms with E-state index in [4.69, 9.17) is 16.7 Å². The number of hydrogen-bond donors (Lipinski definition) is 2. The third-order valence-corrected chi connectivity index (χ3v) is 1.92. The number of carbonyl (C=O) groups is 1. The molecule has 0 saturated carbocycles. The predicted octanol–water partition coefficient (Wildman–Crippen LogP) is 2.37. The molecule has 0 heterocycles. The van der Waals surface area contributed by atoms with Crippen molar-refractivity contribution in [2.75, 3.05) is 11.9 Å². The summed E-state index contributed by atoms with van der Waals surface area (Å²) in [6.07, 6.45) is -0.0787. The van der Waals surface area contributed by atoms with Gasteiger partial charge in [0.05, 0.1) is 17.1 Å². The van der Waals surface area contributed by atoms with Crippen LogP contribution in [0.25, 0.3) is 0 Å². The number of carboxylic acids is 1.